The second-order valence-corrected chi connectivity index (χ2v) is 6.18. The predicted molar refractivity (Wildman–Crippen MR) is 85.5 cm³/mol. The number of nitrogens with zero attached hydrogens (tertiary/aromatic N) is 2. The van der Waals surface area contributed by atoms with Crippen LogP contribution in [-0.4, -0.2) is 60.9 Å². The Kier molecular flexibility index (Phi) is 4.63. The largest absolute Gasteiger partial charge is 0.369 e. The zero-order valence-electron chi connectivity index (χ0n) is 13.2. The van der Waals surface area contributed by atoms with Crippen molar-refractivity contribution in [3.05, 3.63) is 35.9 Å². The predicted octanol–water partition coefficient (Wildman–Crippen LogP) is 0.322. The molecule has 1 aromatic rings. The highest BCUT2D eigenvalue weighted by atomic mass is 16.5. The van der Waals surface area contributed by atoms with Crippen LogP contribution in [0.2, 0.25) is 0 Å². The van der Waals surface area contributed by atoms with Crippen LogP contribution >= 0.6 is 0 Å². The first-order chi connectivity index (χ1) is 11.1. The third-order valence-corrected chi connectivity index (χ3v) is 4.65. The zero-order chi connectivity index (χ0) is 16.3. The molecule has 0 bridgehead atoms. The number of hydrogen-bond acceptors (Lipinski definition) is 4. The first-order valence-electron chi connectivity index (χ1n) is 8.11. The van der Waals surface area contributed by atoms with E-state index in [-0.39, 0.29) is 18.4 Å². The number of ether oxygens (including phenoxy) is 1. The van der Waals surface area contributed by atoms with E-state index in [9.17, 15) is 9.59 Å². The Labute approximate surface area is 136 Å². The average Bonchev–Trinajstić information content (AvgIpc) is 3.06. The van der Waals surface area contributed by atoms with Gasteiger partial charge in [0.05, 0.1) is 6.54 Å². The summed E-state index contributed by atoms with van der Waals surface area (Å²) in [6.07, 6.45) is 1.61. The maximum Gasteiger partial charge on any atom is 0.259 e. The number of hydrogen-bond donors (Lipinski definition) is 1. The fraction of sp³-hybridized carbons (Fsp3) is 0.529. The van der Waals surface area contributed by atoms with Gasteiger partial charge in [0.1, 0.15) is 0 Å². The molecule has 2 amide bonds. The Balaban J connectivity index is 1.72. The number of primary amides is 1. The molecule has 6 heteroatoms. The molecule has 2 saturated heterocycles. The van der Waals surface area contributed by atoms with Crippen LogP contribution in [0.25, 0.3) is 0 Å². The average molecular weight is 317 g/mol. The number of carbonyl (C=O) groups excluding carboxylic acids is 2. The second kappa shape index (κ2) is 6.68. The van der Waals surface area contributed by atoms with Gasteiger partial charge >= 0.3 is 0 Å². The highest BCUT2D eigenvalue weighted by Gasteiger charge is 2.46. The Morgan fingerprint density at radius 3 is 2.39 bits per heavy atom. The number of rotatable bonds is 4. The van der Waals surface area contributed by atoms with Crippen molar-refractivity contribution in [2.45, 2.75) is 18.4 Å². The van der Waals surface area contributed by atoms with E-state index in [1.165, 1.54) is 0 Å². The molecule has 23 heavy (non-hydrogen) atoms. The number of nitrogens with two attached hydrogens (primary N) is 1. The first-order valence-corrected chi connectivity index (χ1v) is 8.11. The molecule has 3 rings (SSSR count). The lowest BCUT2D eigenvalue weighted by Gasteiger charge is -2.39. The van der Waals surface area contributed by atoms with Crippen molar-refractivity contribution < 1.29 is 14.3 Å². The van der Waals surface area contributed by atoms with E-state index in [0.29, 0.717) is 32.8 Å². The number of amides is 2. The van der Waals surface area contributed by atoms with Gasteiger partial charge in [-0.1, -0.05) is 30.3 Å². The van der Waals surface area contributed by atoms with E-state index < -0.39 is 5.60 Å². The molecule has 2 fully saturated rings. The van der Waals surface area contributed by atoms with E-state index in [0.717, 1.165) is 18.4 Å². The van der Waals surface area contributed by atoms with Gasteiger partial charge in [0.25, 0.3) is 5.91 Å². The van der Waals surface area contributed by atoms with Crippen molar-refractivity contribution in [1.29, 1.82) is 0 Å². The molecule has 0 spiro atoms. The maximum atomic E-state index is 13.1. The fourth-order valence-corrected chi connectivity index (χ4v) is 3.45. The summed E-state index contributed by atoms with van der Waals surface area (Å²) in [6.45, 7) is 3.40. The van der Waals surface area contributed by atoms with Gasteiger partial charge in [-0.3, -0.25) is 14.5 Å². The van der Waals surface area contributed by atoms with Gasteiger partial charge in [0, 0.05) is 32.8 Å². The second-order valence-electron chi connectivity index (χ2n) is 6.18. The van der Waals surface area contributed by atoms with Crippen LogP contribution < -0.4 is 5.73 Å². The number of benzene rings is 1. The molecule has 0 aliphatic carbocycles. The third kappa shape index (κ3) is 3.23. The van der Waals surface area contributed by atoms with Crippen LogP contribution in [0, 0.1) is 0 Å². The van der Waals surface area contributed by atoms with Crippen molar-refractivity contribution in [3.63, 3.8) is 0 Å². The standard InChI is InChI=1S/C17H23N3O3/c18-15(21)13-19-8-10-20(11-9-19)16(22)17(7-4-12-23-17)14-5-2-1-3-6-14/h1-3,5-6H,4,7-13H2,(H2,18,21). The van der Waals surface area contributed by atoms with Gasteiger partial charge in [-0.2, -0.15) is 0 Å². The lowest BCUT2D eigenvalue weighted by atomic mass is 9.89. The zero-order valence-corrected chi connectivity index (χ0v) is 13.2. The molecule has 1 aromatic carbocycles. The molecule has 0 radical (unpaired) electrons. The van der Waals surface area contributed by atoms with Gasteiger partial charge in [-0.25, -0.2) is 0 Å². The van der Waals surface area contributed by atoms with Crippen molar-refractivity contribution in [1.82, 2.24) is 9.80 Å². The lowest BCUT2D eigenvalue weighted by Crippen LogP contribution is -2.55. The smallest absolute Gasteiger partial charge is 0.259 e. The summed E-state index contributed by atoms with van der Waals surface area (Å²) in [5.41, 5.74) is 5.33. The van der Waals surface area contributed by atoms with Crippen molar-refractivity contribution in [2.75, 3.05) is 39.3 Å². The van der Waals surface area contributed by atoms with Gasteiger partial charge in [0.2, 0.25) is 5.91 Å². The highest BCUT2D eigenvalue weighted by molar-refractivity contribution is 5.87. The number of carbonyl (C=O) groups is 2. The van der Waals surface area contributed by atoms with Crippen LogP contribution in [0.3, 0.4) is 0 Å². The Morgan fingerprint density at radius 1 is 1.13 bits per heavy atom. The molecule has 2 aliphatic heterocycles. The molecule has 0 aromatic heterocycles. The van der Waals surface area contributed by atoms with Crippen LogP contribution in [0.5, 0.6) is 0 Å². The van der Waals surface area contributed by atoms with Gasteiger partial charge in [0.15, 0.2) is 5.60 Å². The summed E-state index contributed by atoms with van der Waals surface area (Å²) in [5.74, 6) is -0.287. The Bertz CT molecular complexity index is 562. The van der Waals surface area contributed by atoms with Gasteiger partial charge in [-0.05, 0) is 18.4 Å². The quantitative estimate of drug-likeness (QED) is 0.868. The topological polar surface area (TPSA) is 75.9 Å². The molecule has 124 valence electrons. The summed E-state index contributed by atoms with van der Waals surface area (Å²) >= 11 is 0. The molecule has 2 heterocycles. The van der Waals surface area contributed by atoms with Crippen LogP contribution in [0.1, 0.15) is 18.4 Å². The third-order valence-electron chi connectivity index (χ3n) is 4.65. The highest BCUT2D eigenvalue weighted by Crippen LogP contribution is 2.38. The molecular weight excluding hydrogens is 294 g/mol. The summed E-state index contributed by atoms with van der Waals surface area (Å²) in [6, 6.07) is 9.76. The summed E-state index contributed by atoms with van der Waals surface area (Å²) in [7, 11) is 0. The summed E-state index contributed by atoms with van der Waals surface area (Å²) in [4.78, 5) is 28.0. The minimum atomic E-state index is -0.840. The molecule has 0 saturated carbocycles. The minimum absolute atomic E-state index is 0.0416. The van der Waals surface area contributed by atoms with E-state index in [2.05, 4.69) is 0 Å². The summed E-state index contributed by atoms with van der Waals surface area (Å²) in [5, 5.41) is 0. The van der Waals surface area contributed by atoms with Crippen LogP contribution in [0.15, 0.2) is 30.3 Å². The molecule has 1 unspecified atom stereocenters. The lowest BCUT2D eigenvalue weighted by molar-refractivity contribution is -0.156. The molecular formula is C17H23N3O3. The minimum Gasteiger partial charge on any atom is -0.369 e. The SMILES string of the molecule is NC(=O)CN1CCN(C(=O)C2(c3ccccc3)CCCO2)CC1. The van der Waals surface area contributed by atoms with Crippen molar-refractivity contribution >= 4 is 11.8 Å². The Morgan fingerprint density at radius 2 is 1.83 bits per heavy atom. The van der Waals surface area contributed by atoms with E-state index >= 15 is 0 Å². The fourth-order valence-electron chi connectivity index (χ4n) is 3.45. The van der Waals surface area contributed by atoms with Crippen molar-refractivity contribution in [3.8, 4) is 0 Å². The molecule has 1 atom stereocenters. The molecule has 6 nitrogen and oxygen atoms in total. The maximum absolute atomic E-state index is 13.1. The van der Waals surface area contributed by atoms with Gasteiger partial charge in [-0.15, -0.1) is 0 Å². The monoisotopic (exact) mass is 317 g/mol. The van der Waals surface area contributed by atoms with Crippen molar-refractivity contribution in [2.24, 2.45) is 5.73 Å². The normalized spacial score (nSPS) is 25.5. The molecule has 2 N–H and O–H groups in total. The van der Waals surface area contributed by atoms with Crippen LogP contribution in [-0.2, 0) is 19.9 Å². The van der Waals surface area contributed by atoms with E-state index in [1.807, 2.05) is 40.1 Å². The van der Waals surface area contributed by atoms with Crippen LogP contribution in [0.4, 0.5) is 0 Å². The Hall–Kier alpha value is -1.92. The summed E-state index contributed by atoms with van der Waals surface area (Å²) < 4.78 is 5.95. The van der Waals surface area contributed by atoms with E-state index in [1.54, 1.807) is 0 Å². The van der Waals surface area contributed by atoms with Gasteiger partial charge < -0.3 is 15.4 Å². The first kappa shape index (κ1) is 16.0. The van der Waals surface area contributed by atoms with E-state index in [4.69, 9.17) is 10.5 Å². The molecule has 2 aliphatic rings. The number of piperazine rings is 1.